The van der Waals surface area contributed by atoms with Crippen LogP contribution in [0.5, 0.6) is 0 Å². The van der Waals surface area contributed by atoms with E-state index < -0.39 is 17.5 Å². The Labute approximate surface area is 162 Å². The maximum Gasteiger partial charge on any atom is 0.194 e. The van der Waals surface area contributed by atoms with Gasteiger partial charge >= 0.3 is 0 Å². The number of benzene rings is 1. The zero-order valence-corrected chi connectivity index (χ0v) is 16.8. The maximum absolute atomic E-state index is 13.5. The van der Waals surface area contributed by atoms with Gasteiger partial charge in [0.2, 0.25) is 0 Å². The Bertz CT molecular complexity index is 558. The van der Waals surface area contributed by atoms with E-state index in [1.54, 1.807) is 0 Å². The molecule has 0 spiro atoms. The predicted molar refractivity (Wildman–Crippen MR) is 105 cm³/mol. The molecule has 0 aliphatic heterocycles. The third kappa shape index (κ3) is 5.51. The fourth-order valence-electron chi connectivity index (χ4n) is 5.54. The predicted octanol–water partition coefficient (Wildman–Crippen LogP) is 8.15. The van der Waals surface area contributed by atoms with E-state index in [1.165, 1.54) is 69.9 Å². The van der Waals surface area contributed by atoms with Crippen LogP contribution >= 0.6 is 0 Å². The highest BCUT2D eigenvalue weighted by Gasteiger charge is 2.31. The molecule has 2 fully saturated rings. The first-order valence-electron chi connectivity index (χ1n) is 11.2. The van der Waals surface area contributed by atoms with Gasteiger partial charge in [-0.2, -0.15) is 0 Å². The molecule has 0 radical (unpaired) electrons. The summed E-state index contributed by atoms with van der Waals surface area (Å²) in [6, 6.07) is 2.40. The van der Waals surface area contributed by atoms with Gasteiger partial charge in [0.05, 0.1) is 0 Å². The van der Waals surface area contributed by atoms with Crippen molar-refractivity contribution in [2.24, 2.45) is 17.8 Å². The molecule has 2 aliphatic carbocycles. The number of rotatable bonds is 7. The molecule has 0 heterocycles. The minimum Gasteiger partial charge on any atom is -0.204 e. The van der Waals surface area contributed by atoms with Crippen molar-refractivity contribution in [3.63, 3.8) is 0 Å². The summed E-state index contributed by atoms with van der Waals surface area (Å²) >= 11 is 0. The molecular formula is C24H35F3. The molecule has 0 saturated heterocycles. The van der Waals surface area contributed by atoms with Crippen molar-refractivity contribution in [1.29, 1.82) is 0 Å². The average Bonchev–Trinajstić information content (AvgIpc) is 2.70. The maximum atomic E-state index is 13.5. The Morgan fingerprint density at radius 2 is 1.30 bits per heavy atom. The summed E-state index contributed by atoms with van der Waals surface area (Å²) in [7, 11) is 0. The van der Waals surface area contributed by atoms with Crippen molar-refractivity contribution in [3.8, 4) is 0 Å². The fourth-order valence-corrected chi connectivity index (χ4v) is 5.54. The van der Waals surface area contributed by atoms with Gasteiger partial charge in [0, 0.05) is 0 Å². The van der Waals surface area contributed by atoms with E-state index in [9.17, 15) is 13.2 Å². The number of hydrogen-bond acceptors (Lipinski definition) is 0. The molecule has 27 heavy (non-hydrogen) atoms. The van der Waals surface area contributed by atoms with Gasteiger partial charge < -0.3 is 0 Å². The minimum absolute atomic E-state index is 0.181. The summed E-state index contributed by atoms with van der Waals surface area (Å²) in [6.45, 7) is 2.27. The van der Waals surface area contributed by atoms with Gasteiger partial charge in [-0.15, -0.1) is 0 Å². The van der Waals surface area contributed by atoms with Crippen molar-refractivity contribution < 1.29 is 13.2 Å². The molecule has 3 rings (SSSR count). The van der Waals surface area contributed by atoms with Crippen molar-refractivity contribution in [3.05, 3.63) is 35.1 Å². The molecule has 1 aromatic carbocycles. The molecule has 0 N–H and O–H groups in total. The highest BCUT2D eigenvalue weighted by molar-refractivity contribution is 5.23. The minimum atomic E-state index is -1.35. The largest absolute Gasteiger partial charge is 0.204 e. The van der Waals surface area contributed by atoms with Crippen LogP contribution in [-0.2, 0) is 0 Å². The summed E-state index contributed by atoms with van der Waals surface area (Å²) in [4.78, 5) is 0. The monoisotopic (exact) mass is 380 g/mol. The molecule has 0 amide bonds. The first kappa shape index (κ1) is 20.7. The smallest absolute Gasteiger partial charge is 0.194 e. The van der Waals surface area contributed by atoms with Gasteiger partial charge in [-0.1, -0.05) is 51.9 Å². The van der Waals surface area contributed by atoms with Gasteiger partial charge in [-0.3, -0.25) is 0 Å². The fraction of sp³-hybridized carbons (Fsp3) is 0.750. The van der Waals surface area contributed by atoms with Gasteiger partial charge in [0.15, 0.2) is 17.5 Å². The van der Waals surface area contributed by atoms with Gasteiger partial charge in [0.25, 0.3) is 0 Å². The Balaban J connectivity index is 1.42. The SMILES string of the molecule is CCCCCC[C@H]1CC[C@H]([C@H]2CC[C@H](c3cc(F)c(F)c(F)c3)CC2)CC1. The Hall–Kier alpha value is -0.990. The van der Waals surface area contributed by atoms with Gasteiger partial charge in [0.1, 0.15) is 0 Å². The third-order valence-corrected chi connectivity index (χ3v) is 7.27. The molecule has 152 valence electrons. The first-order chi connectivity index (χ1) is 13.1. The van der Waals surface area contributed by atoms with Crippen molar-refractivity contribution in [2.45, 2.75) is 96.3 Å². The molecule has 0 bridgehead atoms. The first-order valence-corrected chi connectivity index (χ1v) is 11.2. The normalized spacial score (nSPS) is 29.0. The van der Waals surface area contributed by atoms with Gasteiger partial charge in [-0.05, 0) is 79.9 Å². The van der Waals surface area contributed by atoms with Crippen LogP contribution in [0.1, 0.15) is 102 Å². The second-order valence-electron chi connectivity index (χ2n) is 9.04. The van der Waals surface area contributed by atoms with Crippen LogP contribution < -0.4 is 0 Å². The number of halogens is 3. The molecule has 2 saturated carbocycles. The zero-order valence-electron chi connectivity index (χ0n) is 16.8. The lowest BCUT2D eigenvalue weighted by molar-refractivity contribution is 0.155. The van der Waals surface area contributed by atoms with Crippen LogP contribution in [0.25, 0.3) is 0 Å². The summed E-state index contributed by atoms with van der Waals surface area (Å²) < 4.78 is 40.2. The van der Waals surface area contributed by atoms with Crippen LogP contribution in [0.4, 0.5) is 13.2 Å². The Kier molecular flexibility index (Phi) is 7.66. The van der Waals surface area contributed by atoms with Crippen molar-refractivity contribution in [2.75, 3.05) is 0 Å². The molecule has 0 unspecified atom stereocenters. The van der Waals surface area contributed by atoms with Crippen LogP contribution in [0, 0.1) is 35.2 Å². The number of unbranched alkanes of at least 4 members (excludes halogenated alkanes) is 3. The molecule has 3 heteroatoms. The molecule has 0 nitrogen and oxygen atoms in total. The molecule has 1 aromatic rings. The zero-order chi connectivity index (χ0) is 19.2. The second-order valence-corrected chi connectivity index (χ2v) is 9.04. The van der Waals surface area contributed by atoms with Crippen molar-refractivity contribution in [1.82, 2.24) is 0 Å². The lowest BCUT2D eigenvalue weighted by Crippen LogP contribution is -2.25. The van der Waals surface area contributed by atoms with Crippen LogP contribution in [-0.4, -0.2) is 0 Å². The van der Waals surface area contributed by atoms with Crippen molar-refractivity contribution >= 4 is 0 Å². The molecular weight excluding hydrogens is 345 g/mol. The topological polar surface area (TPSA) is 0 Å². The Morgan fingerprint density at radius 1 is 0.741 bits per heavy atom. The average molecular weight is 381 g/mol. The Morgan fingerprint density at radius 3 is 1.85 bits per heavy atom. The standard InChI is InChI=1S/C24H35F3/c1-2-3-4-5-6-17-7-9-18(10-8-17)19-11-13-20(14-12-19)21-15-22(25)24(27)23(26)16-21/h15-20H,2-14H2,1H3/t17-,18-,19-,20-. The quantitative estimate of drug-likeness (QED) is 0.331. The van der Waals surface area contributed by atoms with E-state index in [1.807, 2.05) is 0 Å². The highest BCUT2D eigenvalue weighted by Crippen LogP contribution is 2.44. The molecule has 0 atom stereocenters. The van der Waals surface area contributed by atoms with Crippen LogP contribution in [0.3, 0.4) is 0 Å². The summed E-state index contributed by atoms with van der Waals surface area (Å²) in [5.74, 6) is -0.704. The second kappa shape index (κ2) is 9.98. The third-order valence-electron chi connectivity index (χ3n) is 7.27. The van der Waals surface area contributed by atoms with Crippen LogP contribution in [0.2, 0.25) is 0 Å². The van der Waals surface area contributed by atoms with E-state index >= 15 is 0 Å². The van der Waals surface area contributed by atoms with E-state index in [0.29, 0.717) is 5.56 Å². The lowest BCUT2D eigenvalue weighted by atomic mass is 9.68. The van der Waals surface area contributed by atoms with Gasteiger partial charge in [-0.25, -0.2) is 13.2 Å². The van der Waals surface area contributed by atoms with E-state index in [0.717, 1.165) is 43.4 Å². The van der Waals surface area contributed by atoms with E-state index in [-0.39, 0.29) is 5.92 Å². The lowest BCUT2D eigenvalue weighted by Gasteiger charge is -2.38. The van der Waals surface area contributed by atoms with E-state index in [4.69, 9.17) is 0 Å². The summed E-state index contributed by atoms with van der Waals surface area (Å²) in [5.41, 5.74) is 0.639. The summed E-state index contributed by atoms with van der Waals surface area (Å²) in [5, 5.41) is 0. The summed E-state index contributed by atoms with van der Waals surface area (Å²) in [6.07, 6.45) is 16.7. The molecule has 2 aliphatic rings. The highest BCUT2D eigenvalue weighted by atomic mass is 19.2. The number of hydrogen-bond donors (Lipinski definition) is 0. The molecule has 0 aromatic heterocycles. The van der Waals surface area contributed by atoms with Crippen LogP contribution in [0.15, 0.2) is 12.1 Å². The van der Waals surface area contributed by atoms with E-state index in [2.05, 4.69) is 6.92 Å².